The highest BCUT2D eigenvalue weighted by molar-refractivity contribution is 9.10. The third kappa shape index (κ3) is 6.85. The number of benzene rings is 3. The van der Waals surface area contributed by atoms with E-state index in [4.69, 9.17) is 16.3 Å². The van der Waals surface area contributed by atoms with E-state index in [0.717, 1.165) is 5.56 Å². The normalized spacial score (nSPS) is 10.8. The van der Waals surface area contributed by atoms with Crippen LogP contribution in [0.1, 0.15) is 11.1 Å². The van der Waals surface area contributed by atoms with Gasteiger partial charge in [0, 0.05) is 26.4 Å². The molecule has 3 aromatic rings. The van der Waals surface area contributed by atoms with Crippen LogP contribution in [-0.2, 0) is 9.59 Å². The minimum atomic E-state index is -0.631. The first-order valence-corrected chi connectivity index (χ1v) is 11.1. The molecule has 0 bridgehead atoms. The number of rotatable bonds is 7. The van der Waals surface area contributed by atoms with Gasteiger partial charge in [-0.2, -0.15) is 5.26 Å². The Balaban J connectivity index is 1.73. The summed E-state index contributed by atoms with van der Waals surface area (Å²) in [4.78, 5) is 24.9. The summed E-state index contributed by atoms with van der Waals surface area (Å²) in [5, 5.41) is 24.7. The van der Waals surface area contributed by atoms with Gasteiger partial charge in [0.25, 0.3) is 11.8 Å². The van der Waals surface area contributed by atoms with Crippen molar-refractivity contribution in [2.45, 2.75) is 6.92 Å². The molecule has 0 unspecified atom stereocenters. The number of ether oxygens (including phenoxy) is 1. The Hall–Kier alpha value is -3.80. The molecule has 172 valence electrons. The summed E-state index contributed by atoms with van der Waals surface area (Å²) >= 11 is 9.45. The summed E-state index contributed by atoms with van der Waals surface area (Å²) in [6.07, 6.45) is 1.37. The zero-order valence-corrected chi connectivity index (χ0v) is 20.3. The van der Waals surface area contributed by atoms with Crippen molar-refractivity contribution in [3.63, 3.8) is 0 Å². The van der Waals surface area contributed by atoms with Gasteiger partial charge in [-0.1, -0.05) is 33.6 Å². The zero-order chi connectivity index (χ0) is 24.7. The number of nitrogens with one attached hydrogen (secondary N) is 2. The minimum Gasteiger partial charge on any atom is -0.508 e. The summed E-state index contributed by atoms with van der Waals surface area (Å²) in [7, 11) is 0. The maximum Gasteiger partial charge on any atom is 0.266 e. The molecule has 0 atom stereocenters. The molecular weight excluding hydrogens is 522 g/mol. The van der Waals surface area contributed by atoms with Crippen molar-refractivity contribution < 1.29 is 19.4 Å². The Kier molecular flexibility index (Phi) is 8.30. The van der Waals surface area contributed by atoms with Crippen molar-refractivity contribution in [3.8, 4) is 17.6 Å². The molecule has 3 rings (SSSR count). The molecule has 0 aromatic heterocycles. The Labute approximate surface area is 209 Å². The molecule has 3 N–H and O–H groups in total. The lowest BCUT2D eigenvalue weighted by Crippen LogP contribution is -2.20. The molecule has 0 heterocycles. The molecule has 0 aliphatic carbocycles. The van der Waals surface area contributed by atoms with Crippen molar-refractivity contribution in [2.24, 2.45) is 0 Å². The van der Waals surface area contributed by atoms with Gasteiger partial charge in [-0.15, -0.1) is 0 Å². The molecule has 0 aliphatic rings. The van der Waals surface area contributed by atoms with Gasteiger partial charge in [-0.3, -0.25) is 9.59 Å². The molecule has 3 aromatic carbocycles. The number of anilines is 2. The minimum absolute atomic E-state index is 0.0551. The predicted octanol–water partition coefficient (Wildman–Crippen LogP) is 5.68. The molecule has 34 heavy (non-hydrogen) atoms. The van der Waals surface area contributed by atoms with Crippen molar-refractivity contribution in [1.29, 1.82) is 5.26 Å². The van der Waals surface area contributed by atoms with Crippen molar-refractivity contribution in [2.75, 3.05) is 17.2 Å². The van der Waals surface area contributed by atoms with Gasteiger partial charge in [0.1, 0.15) is 23.1 Å². The van der Waals surface area contributed by atoms with Crippen LogP contribution < -0.4 is 15.4 Å². The number of carbonyl (C=O) groups excluding carboxylic acids is 2. The van der Waals surface area contributed by atoms with Crippen LogP contribution in [0.4, 0.5) is 11.4 Å². The van der Waals surface area contributed by atoms with Gasteiger partial charge in [0.05, 0.1) is 0 Å². The SMILES string of the molecule is Cc1ccc(NC(=O)COc2ccc(Br)cc2/C=C(\C#N)C(=O)Nc2ccc(O)cc2)cc1Cl. The number of aromatic hydroxyl groups is 1. The topological polar surface area (TPSA) is 111 Å². The summed E-state index contributed by atoms with van der Waals surface area (Å²) < 4.78 is 6.35. The fourth-order valence-electron chi connectivity index (χ4n) is 2.82. The lowest BCUT2D eigenvalue weighted by atomic mass is 10.1. The van der Waals surface area contributed by atoms with E-state index < -0.39 is 11.8 Å². The first kappa shape index (κ1) is 24.8. The predicted molar refractivity (Wildman–Crippen MR) is 135 cm³/mol. The van der Waals surface area contributed by atoms with E-state index in [9.17, 15) is 20.0 Å². The molecule has 0 fully saturated rings. The Morgan fingerprint density at radius 1 is 1.09 bits per heavy atom. The van der Waals surface area contributed by atoms with Crippen molar-refractivity contribution in [1.82, 2.24) is 0 Å². The number of hydrogen-bond donors (Lipinski definition) is 3. The lowest BCUT2D eigenvalue weighted by Gasteiger charge is -2.11. The van der Waals surface area contributed by atoms with Gasteiger partial charge in [0.15, 0.2) is 6.61 Å². The van der Waals surface area contributed by atoms with Crippen LogP contribution in [0.5, 0.6) is 11.5 Å². The highest BCUT2D eigenvalue weighted by atomic mass is 79.9. The number of halogens is 2. The lowest BCUT2D eigenvalue weighted by molar-refractivity contribution is -0.118. The number of amides is 2. The number of phenolic OH excluding ortho intramolecular Hbond substituents is 1. The van der Waals surface area contributed by atoms with Crippen LogP contribution >= 0.6 is 27.5 Å². The van der Waals surface area contributed by atoms with Gasteiger partial charge in [-0.05, 0) is 73.2 Å². The second-order valence-corrected chi connectivity index (χ2v) is 8.48. The molecule has 0 spiro atoms. The summed E-state index contributed by atoms with van der Waals surface area (Å²) in [6.45, 7) is 1.57. The van der Waals surface area contributed by atoms with Crippen LogP contribution in [0.15, 0.2) is 70.7 Å². The third-order valence-electron chi connectivity index (χ3n) is 4.58. The largest absolute Gasteiger partial charge is 0.508 e. The molecule has 0 saturated heterocycles. The fraction of sp³-hybridized carbons (Fsp3) is 0.0800. The van der Waals surface area contributed by atoms with Crippen LogP contribution in [0.3, 0.4) is 0 Å². The Morgan fingerprint density at radius 2 is 1.79 bits per heavy atom. The third-order valence-corrected chi connectivity index (χ3v) is 5.48. The van der Waals surface area contributed by atoms with Crippen molar-refractivity contribution >= 4 is 56.8 Å². The van der Waals surface area contributed by atoms with Gasteiger partial charge < -0.3 is 20.5 Å². The number of carbonyl (C=O) groups is 2. The van der Waals surface area contributed by atoms with E-state index in [1.165, 1.54) is 30.3 Å². The zero-order valence-electron chi connectivity index (χ0n) is 17.9. The van der Waals surface area contributed by atoms with Gasteiger partial charge >= 0.3 is 0 Å². The first-order chi connectivity index (χ1) is 16.2. The average molecular weight is 541 g/mol. The first-order valence-electron chi connectivity index (χ1n) is 9.95. The van der Waals surface area contributed by atoms with Crippen LogP contribution in [0, 0.1) is 18.3 Å². The molecule has 0 aliphatic heterocycles. The Morgan fingerprint density at radius 3 is 2.47 bits per heavy atom. The van der Waals surface area contributed by atoms with Crippen LogP contribution in [-0.4, -0.2) is 23.5 Å². The van der Waals surface area contributed by atoms with E-state index >= 15 is 0 Å². The summed E-state index contributed by atoms with van der Waals surface area (Å²) in [5.74, 6) is -0.665. The summed E-state index contributed by atoms with van der Waals surface area (Å²) in [6, 6.07) is 17.9. The quantitative estimate of drug-likeness (QED) is 0.203. The van der Waals surface area contributed by atoms with E-state index in [0.29, 0.717) is 32.2 Å². The average Bonchev–Trinajstić information content (AvgIpc) is 2.80. The van der Waals surface area contributed by atoms with E-state index in [-0.39, 0.29) is 17.9 Å². The van der Waals surface area contributed by atoms with Gasteiger partial charge in [-0.25, -0.2) is 0 Å². The second-order valence-electron chi connectivity index (χ2n) is 7.15. The van der Waals surface area contributed by atoms with E-state index in [2.05, 4.69) is 26.6 Å². The van der Waals surface area contributed by atoms with Crippen LogP contribution in [0.2, 0.25) is 5.02 Å². The molecular formula is C25H19BrClN3O4. The fourth-order valence-corrected chi connectivity index (χ4v) is 3.38. The molecule has 2 amide bonds. The molecule has 0 saturated carbocycles. The molecule has 0 radical (unpaired) electrons. The number of nitrogens with zero attached hydrogens (tertiary/aromatic N) is 1. The van der Waals surface area contributed by atoms with E-state index in [1.54, 1.807) is 36.4 Å². The number of aryl methyl sites for hydroxylation is 1. The maximum absolute atomic E-state index is 12.6. The highest BCUT2D eigenvalue weighted by Gasteiger charge is 2.13. The maximum atomic E-state index is 12.6. The number of phenols is 1. The number of nitriles is 1. The standard InChI is InChI=1S/C25H19BrClN3O4/c1-15-2-4-20(12-22(15)27)29-24(32)14-34-23-9-3-18(26)11-16(23)10-17(13-28)25(33)30-19-5-7-21(31)8-6-19/h2-12,31H,14H2,1H3,(H,29,32)(H,30,33)/b17-10+. The van der Waals surface area contributed by atoms with Crippen LogP contribution in [0.25, 0.3) is 6.08 Å². The summed E-state index contributed by atoms with van der Waals surface area (Å²) in [5.41, 5.74) is 2.11. The Bertz CT molecular complexity index is 1300. The monoisotopic (exact) mass is 539 g/mol. The van der Waals surface area contributed by atoms with E-state index in [1.807, 2.05) is 13.0 Å². The molecule has 7 nitrogen and oxygen atoms in total. The van der Waals surface area contributed by atoms with Crippen molar-refractivity contribution in [3.05, 3.63) is 86.9 Å². The number of hydrogen-bond acceptors (Lipinski definition) is 5. The van der Waals surface area contributed by atoms with Gasteiger partial charge in [0.2, 0.25) is 0 Å². The second kappa shape index (κ2) is 11.4. The smallest absolute Gasteiger partial charge is 0.266 e. The molecule has 9 heteroatoms. The highest BCUT2D eigenvalue weighted by Crippen LogP contribution is 2.26.